The molecule has 1 N–H and O–H groups in total. The summed E-state index contributed by atoms with van der Waals surface area (Å²) in [7, 11) is 0. The van der Waals surface area contributed by atoms with Crippen molar-refractivity contribution in [2.45, 2.75) is 18.8 Å². The van der Waals surface area contributed by atoms with Crippen molar-refractivity contribution < 1.29 is 23.4 Å². The quantitative estimate of drug-likeness (QED) is 0.899. The Labute approximate surface area is 103 Å². The number of benzene rings is 1. The maximum Gasteiger partial charge on any atom is 0.307 e. The van der Waals surface area contributed by atoms with E-state index in [1.54, 1.807) is 6.92 Å². The van der Waals surface area contributed by atoms with Crippen LogP contribution in [0.5, 0.6) is 0 Å². The number of aliphatic carboxylic acids is 1. The predicted molar refractivity (Wildman–Crippen MR) is 60.3 cm³/mol. The van der Waals surface area contributed by atoms with Crippen LogP contribution in [0.1, 0.15) is 18.9 Å². The van der Waals surface area contributed by atoms with E-state index in [2.05, 4.69) is 0 Å². The molecular weight excluding hydrogens is 242 g/mol. The summed E-state index contributed by atoms with van der Waals surface area (Å²) in [6.45, 7) is 2.21. The standard InChI is InChI=1S/C13H14F2O3/c1-2-9(12(16)17)13(6-18-7-13)8-3-4-10(14)11(15)5-8/h3-5,9H,2,6-7H2,1H3,(H,16,17). The van der Waals surface area contributed by atoms with Gasteiger partial charge in [0.05, 0.1) is 24.5 Å². The van der Waals surface area contributed by atoms with Gasteiger partial charge in [-0.25, -0.2) is 8.78 Å². The van der Waals surface area contributed by atoms with E-state index in [4.69, 9.17) is 4.74 Å². The van der Waals surface area contributed by atoms with Crippen LogP contribution in [0.25, 0.3) is 0 Å². The van der Waals surface area contributed by atoms with Crippen molar-refractivity contribution in [1.29, 1.82) is 0 Å². The van der Waals surface area contributed by atoms with E-state index in [1.807, 2.05) is 0 Å². The van der Waals surface area contributed by atoms with Crippen molar-refractivity contribution in [3.05, 3.63) is 35.4 Å². The molecule has 1 aliphatic heterocycles. The maximum atomic E-state index is 13.3. The highest BCUT2D eigenvalue weighted by Crippen LogP contribution is 2.41. The van der Waals surface area contributed by atoms with Gasteiger partial charge < -0.3 is 9.84 Å². The topological polar surface area (TPSA) is 46.5 Å². The van der Waals surface area contributed by atoms with Crippen LogP contribution < -0.4 is 0 Å². The second kappa shape index (κ2) is 4.65. The number of carboxylic acids is 1. The molecule has 0 aromatic heterocycles. The van der Waals surface area contributed by atoms with Crippen LogP contribution in [-0.2, 0) is 14.9 Å². The smallest absolute Gasteiger partial charge is 0.307 e. The summed E-state index contributed by atoms with van der Waals surface area (Å²) in [5.74, 6) is -3.49. The highest BCUT2D eigenvalue weighted by Gasteiger charge is 2.49. The molecule has 0 radical (unpaired) electrons. The molecule has 0 bridgehead atoms. The molecule has 0 saturated carbocycles. The lowest BCUT2D eigenvalue weighted by atomic mass is 9.67. The van der Waals surface area contributed by atoms with Crippen LogP contribution in [0.15, 0.2) is 18.2 Å². The van der Waals surface area contributed by atoms with E-state index in [0.717, 1.165) is 12.1 Å². The van der Waals surface area contributed by atoms with Gasteiger partial charge in [0.2, 0.25) is 0 Å². The lowest BCUT2D eigenvalue weighted by Gasteiger charge is -2.45. The van der Waals surface area contributed by atoms with Gasteiger partial charge in [0, 0.05) is 0 Å². The molecule has 1 unspecified atom stereocenters. The minimum absolute atomic E-state index is 0.225. The summed E-state index contributed by atoms with van der Waals surface area (Å²) < 4.78 is 31.3. The second-order valence-corrected chi connectivity index (χ2v) is 4.58. The number of rotatable bonds is 4. The largest absolute Gasteiger partial charge is 0.481 e. The van der Waals surface area contributed by atoms with Crippen LogP contribution in [0.2, 0.25) is 0 Å². The van der Waals surface area contributed by atoms with Crippen LogP contribution in [0.4, 0.5) is 8.78 Å². The molecule has 0 aliphatic carbocycles. The number of halogens is 2. The monoisotopic (exact) mass is 256 g/mol. The van der Waals surface area contributed by atoms with Gasteiger partial charge in [-0.1, -0.05) is 13.0 Å². The molecule has 1 aliphatic rings. The molecule has 1 heterocycles. The van der Waals surface area contributed by atoms with Gasteiger partial charge in [0.25, 0.3) is 0 Å². The van der Waals surface area contributed by atoms with E-state index in [1.165, 1.54) is 6.07 Å². The van der Waals surface area contributed by atoms with Gasteiger partial charge in [0.15, 0.2) is 11.6 Å². The number of hydrogen-bond donors (Lipinski definition) is 1. The third-order valence-electron chi connectivity index (χ3n) is 3.59. The van der Waals surface area contributed by atoms with Crippen LogP contribution in [0, 0.1) is 17.6 Å². The predicted octanol–water partition coefficient (Wildman–Crippen LogP) is 2.34. The van der Waals surface area contributed by atoms with E-state index >= 15 is 0 Å². The lowest BCUT2D eigenvalue weighted by molar-refractivity contribution is -0.157. The average Bonchev–Trinajstić information content (AvgIpc) is 2.26. The van der Waals surface area contributed by atoms with Crippen LogP contribution in [-0.4, -0.2) is 24.3 Å². The molecule has 0 amide bonds. The summed E-state index contributed by atoms with van der Waals surface area (Å²) in [4.78, 5) is 11.3. The van der Waals surface area contributed by atoms with Gasteiger partial charge in [-0.05, 0) is 24.1 Å². The summed E-state index contributed by atoms with van der Waals surface area (Å²) in [5.41, 5.74) is -0.253. The molecule has 2 rings (SSSR count). The number of hydrogen-bond acceptors (Lipinski definition) is 2. The molecule has 1 atom stereocenters. The molecule has 18 heavy (non-hydrogen) atoms. The first-order valence-corrected chi connectivity index (χ1v) is 5.77. The Balaban J connectivity index is 2.43. The molecule has 98 valence electrons. The molecule has 3 nitrogen and oxygen atoms in total. The highest BCUT2D eigenvalue weighted by atomic mass is 19.2. The first-order valence-electron chi connectivity index (χ1n) is 5.77. The molecular formula is C13H14F2O3. The number of carboxylic acid groups (broad SMARTS) is 1. The minimum Gasteiger partial charge on any atom is -0.481 e. The lowest BCUT2D eigenvalue weighted by Crippen LogP contribution is -2.54. The third-order valence-corrected chi connectivity index (χ3v) is 3.59. The minimum atomic E-state index is -0.959. The summed E-state index contributed by atoms with van der Waals surface area (Å²) in [6, 6.07) is 3.54. The molecule has 1 aromatic carbocycles. The van der Waals surface area contributed by atoms with Gasteiger partial charge in [0.1, 0.15) is 0 Å². The van der Waals surface area contributed by atoms with E-state index in [-0.39, 0.29) is 13.2 Å². The fourth-order valence-electron chi connectivity index (χ4n) is 2.50. The fraction of sp³-hybridized carbons (Fsp3) is 0.462. The first-order chi connectivity index (χ1) is 8.51. The van der Waals surface area contributed by atoms with Crippen molar-refractivity contribution in [1.82, 2.24) is 0 Å². The van der Waals surface area contributed by atoms with Crippen molar-refractivity contribution >= 4 is 5.97 Å². The normalized spacial score (nSPS) is 19.1. The van der Waals surface area contributed by atoms with Crippen molar-refractivity contribution in [2.75, 3.05) is 13.2 Å². The molecule has 1 saturated heterocycles. The Kier molecular flexibility index (Phi) is 3.34. The Morgan fingerprint density at radius 1 is 1.44 bits per heavy atom. The molecule has 1 aromatic rings. The molecule has 5 heteroatoms. The Morgan fingerprint density at radius 2 is 2.11 bits per heavy atom. The Bertz CT molecular complexity index is 469. The molecule has 1 fully saturated rings. The number of ether oxygens (including phenoxy) is 1. The zero-order chi connectivity index (χ0) is 13.3. The van der Waals surface area contributed by atoms with Crippen molar-refractivity contribution in [2.24, 2.45) is 5.92 Å². The average molecular weight is 256 g/mol. The SMILES string of the molecule is CCC(C(=O)O)C1(c2ccc(F)c(F)c2)COC1. The van der Waals surface area contributed by atoms with Crippen molar-refractivity contribution in [3.8, 4) is 0 Å². The summed E-state index contributed by atoms with van der Waals surface area (Å²) in [6.07, 6.45) is 0.414. The van der Waals surface area contributed by atoms with Gasteiger partial charge >= 0.3 is 5.97 Å². The van der Waals surface area contributed by atoms with E-state index in [0.29, 0.717) is 12.0 Å². The van der Waals surface area contributed by atoms with Crippen LogP contribution >= 0.6 is 0 Å². The van der Waals surface area contributed by atoms with Gasteiger partial charge in [-0.15, -0.1) is 0 Å². The van der Waals surface area contributed by atoms with E-state index in [9.17, 15) is 18.7 Å². The Hall–Kier alpha value is -1.49. The second-order valence-electron chi connectivity index (χ2n) is 4.58. The summed E-state index contributed by atoms with van der Waals surface area (Å²) in [5, 5.41) is 9.24. The number of carbonyl (C=O) groups is 1. The highest BCUT2D eigenvalue weighted by molar-refractivity contribution is 5.73. The maximum absolute atomic E-state index is 13.3. The van der Waals surface area contributed by atoms with Gasteiger partial charge in [-0.3, -0.25) is 4.79 Å². The third kappa shape index (κ3) is 1.88. The fourth-order valence-corrected chi connectivity index (χ4v) is 2.50. The molecule has 0 spiro atoms. The van der Waals surface area contributed by atoms with Gasteiger partial charge in [-0.2, -0.15) is 0 Å². The zero-order valence-corrected chi connectivity index (χ0v) is 9.95. The Morgan fingerprint density at radius 3 is 2.50 bits per heavy atom. The van der Waals surface area contributed by atoms with E-state index < -0.39 is 28.9 Å². The summed E-state index contributed by atoms with van der Waals surface area (Å²) >= 11 is 0. The van der Waals surface area contributed by atoms with Crippen LogP contribution in [0.3, 0.4) is 0 Å². The first kappa shape index (κ1) is 13.0. The zero-order valence-electron chi connectivity index (χ0n) is 9.95. The van der Waals surface area contributed by atoms with Crippen molar-refractivity contribution in [3.63, 3.8) is 0 Å².